The molecule has 0 N–H and O–H groups in total. The van der Waals surface area contributed by atoms with Crippen LogP contribution in [0.1, 0.15) is 37.5 Å². The third-order valence-electron chi connectivity index (χ3n) is 5.62. The number of para-hydroxylation sites is 1. The normalized spacial score (nSPS) is 20.4. The van der Waals surface area contributed by atoms with Crippen LogP contribution in [0.2, 0.25) is 0 Å². The molecule has 1 heterocycles. The zero-order valence-corrected chi connectivity index (χ0v) is 17.2. The second-order valence-electron chi connectivity index (χ2n) is 8.48. The van der Waals surface area contributed by atoms with E-state index in [1.54, 1.807) is 0 Å². The molecular weight excluding hydrogens is 340 g/mol. The van der Waals surface area contributed by atoms with Gasteiger partial charge in [-0.2, -0.15) is 0 Å². The summed E-state index contributed by atoms with van der Waals surface area (Å²) in [6.45, 7) is 6.89. The predicted octanol–water partition coefficient (Wildman–Crippen LogP) is 5.86. The Morgan fingerprint density at radius 3 is 1.96 bits per heavy atom. The van der Waals surface area contributed by atoms with E-state index >= 15 is 0 Å². The molecular formula is C26H28N2. The third-order valence-corrected chi connectivity index (χ3v) is 5.62. The van der Waals surface area contributed by atoms with Crippen molar-refractivity contribution in [1.29, 1.82) is 0 Å². The van der Waals surface area contributed by atoms with Crippen molar-refractivity contribution in [3.63, 3.8) is 0 Å². The number of nitrogens with zero attached hydrogens (tertiary/aromatic N) is 2. The fraction of sp³-hybridized carbons (Fsp3) is 0.269. The largest absolute Gasteiger partial charge is 0.350 e. The van der Waals surface area contributed by atoms with Crippen LogP contribution in [0.5, 0.6) is 0 Å². The number of rotatable bonds is 3. The number of hydrogen-bond donors (Lipinski definition) is 0. The summed E-state index contributed by atoms with van der Waals surface area (Å²) in [7, 11) is 1.93. The van der Waals surface area contributed by atoms with Crippen LogP contribution < -0.4 is 4.90 Å². The molecule has 28 heavy (non-hydrogen) atoms. The summed E-state index contributed by atoms with van der Waals surface area (Å²) >= 11 is 0. The van der Waals surface area contributed by atoms with E-state index < -0.39 is 0 Å². The number of hydrogen-bond acceptors (Lipinski definition) is 2. The molecule has 0 saturated carbocycles. The van der Waals surface area contributed by atoms with E-state index in [1.807, 2.05) is 7.05 Å². The van der Waals surface area contributed by atoms with Gasteiger partial charge < -0.3 is 4.90 Å². The van der Waals surface area contributed by atoms with E-state index in [0.29, 0.717) is 0 Å². The summed E-state index contributed by atoms with van der Waals surface area (Å²) in [5, 5.41) is 0. The maximum absolute atomic E-state index is 4.89. The standard InChI is InChI=1S/C26H28N2/c1-25(2,3)28-23-18-12-11-17-22(23)24(27-4)26(28,21-15-9-6-10-16-21)19-20-13-7-5-8-14-20/h5-18H,19H2,1-4H3/b27-24-. The fourth-order valence-corrected chi connectivity index (χ4v) is 4.78. The summed E-state index contributed by atoms with van der Waals surface area (Å²) in [5.41, 5.74) is 5.82. The highest BCUT2D eigenvalue weighted by atomic mass is 15.3. The molecule has 1 unspecified atom stereocenters. The monoisotopic (exact) mass is 368 g/mol. The van der Waals surface area contributed by atoms with Gasteiger partial charge in [0.1, 0.15) is 5.54 Å². The quantitative estimate of drug-likeness (QED) is 0.565. The topological polar surface area (TPSA) is 15.6 Å². The Bertz CT molecular complexity index is 984. The minimum Gasteiger partial charge on any atom is -0.350 e. The Labute approximate surface area is 168 Å². The third kappa shape index (κ3) is 2.84. The van der Waals surface area contributed by atoms with Gasteiger partial charge in [0, 0.05) is 30.3 Å². The van der Waals surface area contributed by atoms with Crippen LogP contribution >= 0.6 is 0 Å². The molecule has 0 fully saturated rings. The fourth-order valence-electron chi connectivity index (χ4n) is 4.78. The maximum Gasteiger partial charge on any atom is 0.112 e. The Morgan fingerprint density at radius 2 is 1.36 bits per heavy atom. The number of benzene rings is 3. The van der Waals surface area contributed by atoms with Crippen LogP contribution in [-0.2, 0) is 12.0 Å². The van der Waals surface area contributed by atoms with Crippen molar-refractivity contribution in [2.45, 2.75) is 38.3 Å². The van der Waals surface area contributed by atoms with Gasteiger partial charge in [-0.15, -0.1) is 0 Å². The summed E-state index contributed by atoms with van der Waals surface area (Å²) in [6.07, 6.45) is 0.872. The Balaban J connectivity index is 2.05. The first-order valence-electron chi connectivity index (χ1n) is 9.95. The lowest BCUT2D eigenvalue weighted by atomic mass is 9.77. The van der Waals surface area contributed by atoms with Crippen molar-refractivity contribution >= 4 is 11.4 Å². The van der Waals surface area contributed by atoms with Gasteiger partial charge in [-0.25, -0.2) is 0 Å². The molecule has 2 heteroatoms. The smallest absolute Gasteiger partial charge is 0.112 e. The first-order valence-corrected chi connectivity index (χ1v) is 9.95. The van der Waals surface area contributed by atoms with Crippen LogP contribution in [-0.4, -0.2) is 18.3 Å². The SMILES string of the molecule is C/N=C1/c2ccccc2N(C(C)(C)C)C1(Cc1ccccc1)c1ccccc1. The zero-order valence-electron chi connectivity index (χ0n) is 17.2. The van der Waals surface area contributed by atoms with Crippen molar-refractivity contribution in [3.05, 3.63) is 102 Å². The Morgan fingerprint density at radius 1 is 0.786 bits per heavy atom. The van der Waals surface area contributed by atoms with Crippen molar-refractivity contribution in [3.8, 4) is 0 Å². The molecule has 0 amide bonds. The summed E-state index contributed by atoms with van der Waals surface area (Å²) in [5.74, 6) is 0. The second kappa shape index (κ2) is 6.94. The van der Waals surface area contributed by atoms with Crippen LogP contribution in [0.15, 0.2) is 89.9 Å². The Hall–Kier alpha value is -2.87. The van der Waals surface area contributed by atoms with Gasteiger partial charge in [0.15, 0.2) is 0 Å². The van der Waals surface area contributed by atoms with Crippen LogP contribution in [0, 0.1) is 0 Å². The molecule has 0 saturated heterocycles. The van der Waals surface area contributed by atoms with Crippen LogP contribution in [0.25, 0.3) is 0 Å². The van der Waals surface area contributed by atoms with E-state index in [1.165, 1.54) is 22.4 Å². The van der Waals surface area contributed by atoms with Crippen molar-refractivity contribution in [2.24, 2.45) is 4.99 Å². The van der Waals surface area contributed by atoms with E-state index in [-0.39, 0.29) is 11.1 Å². The number of aliphatic imine (C=N–C) groups is 1. The lowest BCUT2D eigenvalue weighted by Crippen LogP contribution is -2.57. The minimum atomic E-state index is -0.348. The van der Waals surface area contributed by atoms with Crippen LogP contribution in [0.4, 0.5) is 5.69 Å². The molecule has 142 valence electrons. The van der Waals surface area contributed by atoms with Crippen molar-refractivity contribution in [1.82, 2.24) is 0 Å². The number of anilines is 1. The van der Waals surface area contributed by atoms with Gasteiger partial charge in [0.05, 0.1) is 5.71 Å². The minimum absolute atomic E-state index is 0.0762. The molecule has 4 rings (SSSR count). The van der Waals surface area contributed by atoms with E-state index in [2.05, 4.69) is 111 Å². The molecule has 2 nitrogen and oxygen atoms in total. The summed E-state index contributed by atoms with van der Waals surface area (Å²) in [4.78, 5) is 7.48. The lowest BCUT2D eigenvalue weighted by molar-refractivity contribution is 0.400. The Kier molecular flexibility index (Phi) is 4.58. The lowest BCUT2D eigenvalue weighted by Gasteiger charge is -2.48. The first kappa shape index (κ1) is 18.5. The first-order chi connectivity index (χ1) is 13.5. The average Bonchev–Trinajstić information content (AvgIpc) is 2.99. The van der Waals surface area contributed by atoms with Crippen LogP contribution in [0.3, 0.4) is 0 Å². The highest BCUT2D eigenvalue weighted by Crippen LogP contribution is 2.50. The second-order valence-corrected chi connectivity index (χ2v) is 8.48. The highest BCUT2D eigenvalue weighted by Gasteiger charge is 2.53. The maximum atomic E-state index is 4.89. The van der Waals surface area contributed by atoms with Gasteiger partial charge in [0.25, 0.3) is 0 Å². The van der Waals surface area contributed by atoms with E-state index in [4.69, 9.17) is 4.99 Å². The molecule has 0 aliphatic carbocycles. The molecule has 1 atom stereocenters. The molecule has 1 aliphatic heterocycles. The zero-order chi connectivity index (χ0) is 19.8. The predicted molar refractivity (Wildman–Crippen MR) is 119 cm³/mol. The van der Waals surface area contributed by atoms with Gasteiger partial charge >= 0.3 is 0 Å². The summed E-state index contributed by atoms with van der Waals surface area (Å²) < 4.78 is 0. The van der Waals surface area contributed by atoms with Gasteiger partial charge in [-0.3, -0.25) is 4.99 Å². The average molecular weight is 369 g/mol. The van der Waals surface area contributed by atoms with Gasteiger partial charge in [-0.05, 0) is 38.0 Å². The molecule has 0 bridgehead atoms. The van der Waals surface area contributed by atoms with Crippen molar-refractivity contribution < 1.29 is 0 Å². The molecule has 0 spiro atoms. The van der Waals surface area contributed by atoms with E-state index in [0.717, 1.165) is 12.1 Å². The highest BCUT2D eigenvalue weighted by molar-refractivity contribution is 6.17. The number of fused-ring (bicyclic) bond motifs is 1. The molecule has 0 aromatic heterocycles. The molecule has 3 aromatic carbocycles. The van der Waals surface area contributed by atoms with Crippen molar-refractivity contribution in [2.75, 3.05) is 11.9 Å². The van der Waals surface area contributed by atoms with Gasteiger partial charge in [-0.1, -0.05) is 78.9 Å². The molecule has 1 aliphatic rings. The summed E-state index contributed by atoms with van der Waals surface area (Å²) in [6, 6.07) is 30.3. The van der Waals surface area contributed by atoms with Gasteiger partial charge in [0.2, 0.25) is 0 Å². The van der Waals surface area contributed by atoms with E-state index in [9.17, 15) is 0 Å². The molecule has 0 radical (unpaired) electrons. The molecule has 3 aromatic rings.